The minimum absolute atomic E-state index is 0.0544. The first-order chi connectivity index (χ1) is 23.5. The Balaban J connectivity index is 1.92. The lowest BCUT2D eigenvalue weighted by atomic mass is 9.84. The van der Waals surface area contributed by atoms with Gasteiger partial charge in [0.25, 0.3) is 10.1 Å². The highest BCUT2D eigenvalue weighted by atomic mass is 32.2. The molecule has 14 heteroatoms. The highest BCUT2D eigenvalue weighted by Crippen LogP contribution is 2.49. The average Bonchev–Trinajstić information content (AvgIpc) is 3.05. The van der Waals surface area contributed by atoms with Gasteiger partial charge in [-0.3, -0.25) is 4.55 Å². The van der Waals surface area contributed by atoms with Gasteiger partial charge in [-0.05, 0) is 79.5 Å². The Labute approximate surface area is 296 Å². The van der Waals surface area contributed by atoms with Gasteiger partial charge in [-0.1, -0.05) is 24.3 Å². The largest absolute Gasteiger partial charge is 0.456 e. The molecule has 4 rings (SSSR count). The number of benzene rings is 2. The summed E-state index contributed by atoms with van der Waals surface area (Å²) < 4.78 is 80.9. The van der Waals surface area contributed by atoms with E-state index in [0.29, 0.717) is 35.1 Å². The van der Waals surface area contributed by atoms with Crippen molar-refractivity contribution >= 4 is 42.9 Å². The van der Waals surface area contributed by atoms with Crippen molar-refractivity contribution in [2.24, 2.45) is 0 Å². The number of carbonyl (C=O) groups excluding carboxylic acids is 1. The number of hydrogen-bond acceptors (Lipinski definition) is 8. The number of nitrogens with zero attached hydrogens (tertiary/aromatic N) is 2. The Kier molecular flexibility index (Phi) is 12.2. The third-order valence-corrected chi connectivity index (χ3v) is 12.2. The van der Waals surface area contributed by atoms with Crippen LogP contribution in [0, 0.1) is 0 Å². The zero-order valence-electron chi connectivity index (χ0n) is 30.0. The molecule has 0 saturated carbocycles. The maximum Gasteiger partial charge on any atom is 0.407 e. The number of amides is 1. The topological polar surface area (TPSA) is 158 Å². The fourth-order valence-corrected chi connectivity index (χ4v) is 9.92. The molecule has 50 heavy (non-hydrogen) atoms. The molecule has 0 aromatic heterocycles. The van der Waals surface area contributed by atoms with Crippen LogP contribution in [0.5, 0.6) is 0 Å². The lowest BCUT2D eigenvalue weighted by Gasteiger charge is -2.38. The molecule has 1 aliphatic heterocycles. The summed E-state index contributed by atoms with van der Waals surface area (Å²) in [5, 5.41) is 2.02. The standard InChI is InChI=1S/C36H50N4O8S2/c1-8-39(9-2)26-17-19-28-30(24-26)47-31-25-27(40(10-3)11-4)18-20-29(31)33(28)36(21-13-12-16-32(36)49(42,43)44)50(45,46)38-23-15-14-22-37-34(41)48-35(5,6)7/h12-13,16-21,24-25,32,38H,8-11,14-15,22-23H2,1-7H3,(H-,37,41,42,43,44)/p+1. The van der Waals surface area contributed by atoms with Crippen LogP contribution in [0.1, 0.15) is 66.9 Å². The number of unbranched alkanes of at least 4 members (excludes halogenated alkanes) is 1. The maximum atomic E-state index is 14.8. The SMILES string of the molecule is CCN(CC)c1ccc2c(C3(S(=O)(=O)NCCCCNC(=O)OC(C)(C)C)C=CC=CC3S(=O)(=O)O)c3ccc(=[N+](CC)CC)cc-3oc2c1. The zero-order valence-corrected chi connectivity index (χ0v) is 31.7. The number of alkyl carbamates (subject to hydrolysis) is 1. The van der Waals surface area contributed by atoms with E-state index in [1.807, 2.05) is 52.0 Å². The van der Waals surface area contributed by atoms with Crippen molar-refractivity contribution in [3.05, 3.63) is 71.6 Å². The van der Waals surface area contributed by atoms with Crippen LogP contribution < -0.4 is 24.9 Å². The number of hydrogen-bond donors (Lipinski definition) is 3. The van der Waals surface area contributed by atoms with Crippen LogP contribution in [0.4, 0.5) is 10.5 Å². The Bertz CT molecular complexity index is 2000. The Hall–Kier alpha value is -3.72. The van der Waals surface area contributed by atoms with Crippen LogP contribution >= 0.6 is 0 Å². The molecule has 12 nitrogen and oxygen atoms in total. The van der Waals surface area contributed by atoms with Gasteiger partial charge in [0.1, 0.15) is 35.3 Å². The Morgan fingerprint density at radius 2 is 1.66 bits per heavy atom. The number of sulfonamides is 1. The summed E-state index contributed by atoms with van der Waals surface area (Å²) in [6.07, 6.45) is 5.62. The Morgan fingerprint density at radius 1 is 0.980 bits per heavy atom. The number of allylic oxidation sites excluding steroid dienone is 2. The second kappa shape index (κ2) is 15.7. The van der Waals surface area contributed by atoms with E-state index in [-0.39, 0.29) is 18.7 Å². The van der Waals surface area contributed by atoms with E-state index in [9.17, 15) is 26.2 Å². The van der Waals surface area contributed by atoms with Crippen molar-refractivity contribution in [3.8, 4) is 11.3 Å². The zero-order chi connectivity index (χ0) is 36.9. The highest BCUT2D eigenvalue weighted by Gasteiger charge is 2.57. The average molecular weight is 732 g/mol. The van der Waals surface area contributed by atoms with Gasteiger partial charge in [0.2, 0.25) is 15.4 Å². The lowest BCUT2D eigenvalue weighted by molar-refractivity contribution is 0.0527. The molecule has 1 heterocycles. The van der Waals surface area contributed by atoms with Crippen molar-refractivity contribution in [2.45, 2.75) is 76.9 Å². The monoisotopic (exact) mass is 731 g/mol. The van der Waals surface area contributed by atoms with E-state index in [0.717, 1.165) is 37.2 Å². The second-order valence-corrected chi connectivity index (χ2v) is 16.7. The number of anilines is 1. The summed E-state index contributed by atoms with van der Waals surface area (Å²) in [6.45, 7) is 16.5. The number of nitrogens with one attached hydrogen (secondary N) is 2. The molecule has 2 aliphatic carbocycles. The maximum absolute atomic E-state index is 14.8. The molecule has 0 spiro atoms. The smallest absolute Gasteiger partial charge is 0.407 e. The lowest BCUT2D eigenvalue weighted by Crippen LogP contribution is -2.54. The van der Waals surface area contributed by atoms with Crippen molar-refractivity contribution in [2.75, 3.05) is 44.2 Å². The third kappa shape index (κ3) is 8.25. The minimum atomic E-state index is -4.99. The summed E-state index contributed by atoms with van der Waals surface area (Å²) in [5.41, 5.74) is 1.14. The molecule has 1 aromatic carbocycles. The van der Waals surface area contributed by atoms with Gasteiger partial charge >= 0.3 is 6.09 Å². The number of rotatable bonds is 14. The first-order valence-electron chi connectivity index (χ1n) is 17.1. The van der Waals surface area contributed by atoms with Gasteiger partial charge in [0.15, 0.2) is 4.75 Å². The van der Waals surface area contributed by atoms with E-state index in [1.54, 1.807) is 32.9 Å². The molecule has 0 radical (unpaired) electrons. The fraction of sp³-hybridized carbons (Fsp3) is 0.500. The molecule has 2 unspecified atom stereocenters. The molecule has 1 amide bonds. The molecule has 1 aromatic rings. The van der Waals surface area contributed by atoms with E-state index in [1.165, 1.54) is 24.3 Å². The summed E-state index contributed by atoms with van der Waals surface area (Å²) in [6, 6.07) is 10.9. The van der Waals surface area contributed by atoms with E-state index in [2.05, 4.69) is 19.5 Å². The van der Waals surface area contributed by atoms with Gasteiger partial charge < -0.3 is 19.4 Å². The summed E-state index contributed by atoms with van der Waals surface area (Å²) >= 11 is 0. The van der Waals surface area contributed by atoms with E-state index in [4.69, 9.17) is 9.15 Å². The molecule has 2 atom stereocenters. The van der Waals surface area contributed by atoms with Gasteiger partial charge in [0.05, 0.1) is 6.07 Å². The first kappa shape index (κ1) is 39.1. The molecule has 3 aliphatic rings. The molecule has 3 N–H and O–H groups in total. The molecular weight excluding hydrogens is 681 g/mol. The molecular formula is C36H51N4O8S2+. The molecule has 0 saturated heterocycles. The summed E-state index contributed by atoms with van der Waals surface area (Å²) in [4.78, 5) is 14.2. The van der Waals surface area contributed by atoms with Crippen LogP contribution in [-0.4, -0.2) is 77.6 Å². The summed E-state index contributed by atoms with van der Waals surface area (Å²) in [5.74, 6) is 0.369. The first-order valence-corrected chi connectivity index (χ1v) is 20.1. The van der Waals surface area contributed by atoms with Crippen molar-refractivity contribution in [1.29, 1.82) is 0 Å². The van der Waals surface area contributed by atoms with E-state index < -0.39 is 41.8 Å². The Morgan fingerprint density at radius 3 is 2.28 bits per heavy atom. The van der Waals surface area contributed by atoms with Crippen LogP contribution in [-0.2, 0) is 29.6 Å². The van der Waals surface area contributed by atoms with Crippen LogP contribution in [0.15, 0.2) is 65.1 Å². The minimum Gasteiger partial charge on any atom is -0.456 e. The van der Waals surface area contributed by atoms with Crippen LogP contribution in [0.3, 0.4) is 0 Å². The highest BCUT2D eigenvalue weighted by molar-refractivity contribution is 7.93. The van der Waals surface area contributed by atoms with Crippen LogP contribution in [0.2, 0.25) is 0 Å². The van der Waals surface area contributed by atoms with Gasteiger partial charge in [0, 0.05) is 60.5 Å². The predicted octanol–water partition coefficient (Wildman–Crippen LogP) is 5.00. The normalized spacial score (nSPS) is 18.0. The number of ether oxygens (including phenoxy) is 1. The predicted molar refractivity (Wildman–Crippen MR) is 198 cm³/mol. The van der Waals surface area contributed by atoms with Gasteiger partial charge in [-0.25, -0.2) is 22.5 Å². The van der Waals surface area contributed by atoms with E-state index >= 15 is 0 Å². The third-order valence-electron chi connectivity index (χ3n) is 8.83. The van der Waals surface area contributed by atoms with Gasteiger partial charge in [-0.2, -0.15) is 8.42 Å². The van der Waals surface area contributed by atoms with Crippen LogP contribution in [0.25, 0.3) is 22.3 Å². The molecule has 0 fully saturated rings. The number of carbonyl (C=O) groups is 1. The molecule has 0 bridgehead atoms. The van der Waals surface area contributed by atoms with Crippen molar-refractivity contribution in [3.63, 3.8) is 0 Å². The quantitative estimate of drug-likeness (QED) is 0.0899. The van der Waals surface area contributed by atoms with Crippen molar-refractivity contribution in [1.82, 2.24) is 14.6 Å². The fourth-order valence-electron chi connectivity index (χ4n) is 6.46. The number of fused-ring (bicyclic) bond motifs is 2. The second-order valence-electron chi connectivity index (χ2n) is 13.2. The summed E-state index contributed by atoms with van der Waals surface area (Å²) in [7, 11) is -9.60. The van der Waals surface area contributed by atoms with Crippen molar-refractivity contribution < 1.29 is 35.3 Å². The molecule has 274 valence electrons. The van der Waals surface area contributed by atoms with Gasteiger partial charge in [-0.15, -0.1) is 0 Å².